The number of ether oxygens (including phenoxy) is 1. The summed E-state index contributed by atoms with van der Waals surface area (Å²) in [4.78, 5) is 14.4. The van der Waals surface area contributed by atoms with Gasteiger partial charge in [0.1, 0.15) is 11.9 Å². The number of benzene rings is 1. The molecule has 114 valence electrons. The van der Waals surface area contributed by atoms with E-state index < -0.39 is 0 Å². The summed E-state index contributed by atoms with van der Waals surface area (Å²) in [6, 6.07) is 4.73. The fraction of sp³-hybridized carbons (Fsp3) is 0.533. The van der Waals surface area contributed by atoms with E-state index in [9.17, 15) is 9.18 Å². The van der Waals surface area contributed by atoms with E-state index in [1.807, 2.05) is 0 Å². The maximum Gasteiger partial charge on any atom is 0.239 e. The molecule has 4 nitrogen and oxygen atoms in total. The SMILES string of the molecule is O=C(NC1CC1)C1COCCN1Cc1ccc(F)cc1Br. The summed E-state index contributed by atoms with van der Waals surface area (Å²) in [5.74, 6) is -0.230. The number of morpholine rings is 1. The quantitative estimate of drug-likeness (QED) is 0.897. The van der Waals surface area contributed by atoms with Crippen molar-refractivity contribution in [2.75, 3.05) is 19.8 Å². The highest BCUT2D eigenvalue weighted by Gasteiger charge is 2.33. The van der Waals surface area contributed by atoms with Crippen molar-refractivity contribution >= 4 is 21.8 Å². The van der Waals surface area contributed by atoms with Crippen molar-refractivity contribution in [1.29, 1.82) is 0 Å². The molecule has 1 atom stereocenters. The fourth-order valence-corrected chi connectivity index (χ4v) is 2.94. The molecule has 1 N–H and O–H groups in total. The lowest BCUT2D eigenvalue weighted by molar-refractivity contribution is -0.133. The Morgan fingerprint density at radius 2 is 2.29 bits per heavy atom. The molecule has 0 bridgehead atoms. The Bertz CT molecular complexity index is 536. The van der Waals surface area contributed by atoms with Crippen LogP contribution in [0, 0.1) is 5.82 Å². The van der Waals surface area contributed by atoms with E-state index in [0.717, 1.165) is 22.9 Å². The Morgan fingerprint density at radius 1 is 1.48 bits per heavy atom. The average Bonchev–Trinajstić information content (AvgIpc) is 3.26. The van der Waals surface area contributed by atoms with Crippen LogP contribution in [0.4, 0.5) is 4.39 Å². The molecule has 1 heterocycles. The summed E-state index contributed by atoms with van der Waals surface area (Å²) in [6.07, 6.45) is 2.14. The largest absolute Gasteiger partial charge is 0.378 e. The highest BCUT2D eigenvalue weighted by atomic mass is 79.9. The van der Waals surface area contributed by atoms with Crippen LogP contribution in [0.2, 0.25) is 0 Å². The van der Waals surface area contributed by atoms with E-state index in [1.165, 1.54) is 12.1 Å². The van der Waals surface area contributed by atoms with E-state index >= 15 is 0 Å². The number of amides is 1. The van der Waals surface area contributed by atoms with Crippen LogP contribution in [0.15, 0.2) is 22.7 Å². The van der Waals surface area contributed by atoms with E-state index in [1.54, 1.807) is 6.07 Å². The van der Waals surface area contributed by atoms with Gasteiger partial charge in [-0.05, 0) is 30.5 Å². The van der Waals surface area contributed by atoms with E-state index in [0.29, 0.717) is 32.3 Å². The third-order valence-electron chi connectivity index (χ3n) is 3.85. The molecule has 21 heavy (non-hydrogen) atoms. The molecular formula is C15H18BrFN2O2. The Labute approximate surface area is 131 Å². The molecule has 1 aliphatic carbocycles. The van der Waals surface area contributed by atoms with Gasteiger partial charge in [0.2, 0.25) is 5.91 Å². The summed E-state index contributed by atoms with van der Waals surface area (Å²) in [5, 5.41) is 3.03. The first-order valence-electron chi connectivity index (χ1n) is 7.19. The number of nitrogens with one attached hydrogen (secondary N) is 1. The van der Waals surface area contributed by atoms with E-state index in [-0.39, 0.29) is 17.8 Å². The maximum atomic E-state index is 13.2. The molecule has 0 radical (unpaired) electrons. The number of nitrogens with zero attached hydrogens (tertiary/aromatic N) is 1. The van der Waals surface area contributed by atoms with Gasteiger partial charge in [-0.25, -0.2) is 4.39 Å². The molecule has 1 saturated heterocycles. The number of carbonyl (C=O) groups excluding carboxylic acids is 1. The average molecular weight is 357 g/mol. The normalized spacial score (nSPS) is 23.0. The van der Waals surface area contributed by atoms with Gasteiger partial charge < -0.3 is 10.1 Å². The van der Waals surface area contributed by atoms with Gasteiger partial charge in [0.05, 0.1) is 13.2 Å². The van der Waals surface area contributed by atoms with Crippen molar-refractivity contribution in [3.63, 3.8) is 0 Å². The topological polar surface area (TPSA) is 41.6 Å². The molecule has 1 aromatic carbocycles. The molecule has 1 aliphatic heterocycles. The van der Waals surface area contributed by atoms with Gasteiger partial charge in [-0.2, -0.15) is 0 Å². The first-order valence-corrected chi connectivity index (χ1v) is 7.99. The minimum Gasteiger partial charge on any atom is -0.378 e. The molecule has 1 unspecified atom stereocenters. The molecule has 0 spiro atoms. The monoisotopic (exact) mass is 356 g/mol. The molecule has 0 aromatic heterocycles. The zero-order chi connectivity index (χ0) is 14.8. The second-order valence-electron chi connectivity index (χ2n) is 5.58. The van der Waals surface area contributed by atoms with Crippen molar-refractivity contribution in [1.82, 2.24) is 10.2 Å². The molecule has 6 heteroatoms. The van der Waals surface area contributed by atoms with Crippen LogP contribution in [0.3, 0.4) is 0 Å². The smallest absolute Gasteiger partial charge is 0.239 e. The second-order valence-corrected chi connectivity index (χ2v) is 6.43. The van der Waals surface area contributed by atoms with E-state index in [2.05, 4.69) is 26.1 Å². The van der Waals surface area contributed by atoms with Crippen LogP contribution >= 0.6 is 15.9 Å². The van der Waals surface area contributed by atoms with Crippen LogP contribution in [0.1, 0.15) is 18.4 Å². The highest BCUT2D eigenvalue weighted by molar-refractivity contribution is 9.10. The standard InChI is InChI=1S/C15H18BrFN2O2/c16-13-7-11(17)2-1-10(13)8-19-5-6-21-9-14(19)15(20)18-12-3-4-12/h1-2,7,12,14H,3-6,8-9H2,(H,18,20). The summed E-state index contributed by atoms with van der Waals surface area (Å²) in [7, 11) is 0. The Morgan fingerprint density at radius 3 is 3.00 bits per heavy atom. The lowest BCUT2D eigenvalue weighted by Crippen LogP contribution is -2.53. The van der Waals surface area contributed by atoms with E-state index in [4.69, 9.17) is 4.74 Å². The summed E-state index contributed by atoms with van der Waals surface area (Å²) < 4.78 is 19.3. The second kappa shape index (κ2) is 6.42. The molecule has 2 fully saturated rings. The van der Waals surface area contributed by atoms with Gasteiger partial charge in [-0.3, -0.25) is 9.69 Å². The van der Waals surface area contributed by atoms with Crippen molar-refractivity contribution in [2.24, 2.45) is 0 Å². The predicted molar refractivity (Wildman–Crippen MR) is 80.3 cm³/mol. The van der Waals surface area contributed by atoms with Crippen molar-refractivity contribution < 1.29 is 13.9 Å². The van der Waals surface area contributed by atoms with Gasteiger partial charge in [0.25, 0.3) is 0 Å². The summed E-state index contributed by atoms with van der Waals surface area (Å²) >= 11 is 3.38. The molecular weight excluding hydrogens is 339 g/mol. The third kappa shape index (κ3) is 3.81. The van der Waals surface area contributed by atoms with Crippen LogP contribution in [-0.2, 0) is 16.1 Å². The molecule has 1 amide bonds. The third-order valence-corrected chi connectivity index (χ3v) is 4.59. The first-order chi connectivity index (χ1) is 10.1. The predicted octanol–water partition coefficient (Wildman–Crippen LogP) is 2.07. The number of carbonyl (C=O) groups is 1. The maximum absolute atomic E-state index is 13.2. The van der Waals surface area contributed by atoms with Gasteiger partial charge in [-0.15, -0.1) is 0 Å². The molecule has 1 aromatic rings. The van der Waals surface area contributed by atoms with Crippen molar-refractivity contribution in [3.8, 4) is 0 Å². The van der Waals surface area contributed by atoms with Crippen LogP contribution in [-0.4, -0.2) is 42.6 Å². The number of hydrogen-bond donors (Lipinski definition) is 1. The molecule has 3 rings (SSSR count). The number of hydrogen-bond acceptors (Lipinski definition) is 3. The molecule has 2 aliphatic rings. The van der Waals surface area contributed by atoms with Crippen LogP contribution in [0.25, 0.3) is 0 Å². The number of rotatable bonds is 4. The van der Waals surface area contributed by atoms with Crippen LogP contribution in [0.5, 0.6) is 0 Å². The highest BCUT2D eigenvalue weighted by Crippen LogP contribution is 2.23. The Hall–Kier alpha value is -0.980. The first kappa shape index (κ1) is 14.9. The van der Waals surface area contributed by atoms with Crippen molar-refractivity contribution in [3.05, 3.63) is 34.1 Å². The minimum atomic E-state index is -0.268. The van der Waals surface area contributed by atoms with Gasteiger partial charge in [0, 0.05) is 23.6 Å². The Kier molecular flexibility index (Phi) is 4.57. The summed E-state index contributed by atoms with van der Waals surface area (Å²) in [6.45, 7) is 2.34. The van der Waals surface area contributed by atoms with Gasteiger partial charge >= 0.3 is 0 Å². The minimum absolute atomic E-state index is 0.0374. The van der Waals surface area contributed by atoms with Crippen molar-refractivity contribution in [2.45, 2.75) is 31.5 Å². The Balaban J connectivity index is 1.69. The van der Waals surface area contributed by atoms with Crippen LogP contribution < -0.4 is 5.32 Å². The molecule has 1 saturated carbocycles. The zero-order valence-corrected chi connectivity index (χ0v) is 13.2. The van der Waals surface area contributed by atoms with Gasteiger partial charge in [0.15, 0.2) is 0 Å². The zero-order valence-electron chi connectivity index (χ0n) is 11.6. The fourth-order valence-electron chi connectivity index (χ4n) is 2.46. The lowest BCUT2D eigenvalue weighted by Gasteiger charge is -2.34. The van der Waals surface area contributed by atoms with Gasteiger partial charge in [-0.1, -0.05) is 22.0 Å². The summed E-state index contributed by atoms with van der Waals surface area (Å²) in [5.41, 5.74) is 0.975. The lowest BCUT2D eigenvalue weighted by atomic mass is 10.1. The number of halogens is 2.